The highest BCUT2D eigenvalue weighted by molar-refractivity contribution is 5.69. The molecule has 0 amide bonds. The first-order valence-corrected chi connectivity index (χ1v) is 12.3. The maximum Gasteiger partial charge on any atom is 0.305 e. The van der Waals surface area contributed by atoms with Crippen molar-refractivity contribution >= 4 is 5.97 Å². The Bertz CT molecular complexity index is 642. The van der Waals surface area contributed by atoms with Crippen LogP contribution in [0, 0.1) is 46.3 Å². The van der Waals surface area contributed by atoms with E-state index < -0.39 is 0 Å². The molecule has 0 bridgehead atoms. The molecule has 29 heavy (non-hydrogen) atoms. The number of rotatable bonds is 5. The van der Waals surface area contributed by atoms with Gasteiger partial charge in [-0.3, -0.25) is 4.79 Å². The zero-order valence-electron chi connectivity index (χ0n) is 19.0. The molecule has 0 aromatic heterocycles. The summed E-state index contributed by atoms with van der Waals surface area (Å²) in [7, 11) is 0. The Hall–Kier alpha value is -0.830. The van der Waals surface area contributed by atoms with Crippen LogP contribution >= 0.6 is 0 Å². The van der Waals surface area contributed by atoms with Gasteiger partial charge >= 0.3 is 5.97 Å². The SMILES string of the molecule is CCOC(=O)CC[C@@H](C)[C@H]1CC[C@H]2[C@@H]3CC[C@@H]4C[C@H](O)CC[C@]4(C)[C@H]3C=C[C@]12C. The third-order valence-corrected chi connectivity index (χ3v) is 9.94. The summed E-state index contributed by atoms with van der Waals surface area (Å²) in [5.41, 5.74) is 0.667. The van der Waals surface area contributed by atoms with Crippen LogP contribution in [0.3, 0.4) is 0 Å². The van der Waals surface area contributed by atoms with Gasteiger partial charge in [-0.15, -0.1) is 0 Å². The van der Waals surface area contributed by atoms with Crippen LogP contribution in [0.4, 0.5) is 0 Å². The first-order chi connectivity index (χ1) is 13.8. The van der Waals surface area contributed by atoms with E-state index in [4.69, 9.17) is 4.74 Å². The first kappa shape index (κ1) is 21.4. The minimum Gasteiger partial charge on any atom is -0.466 e. The van der Waals surface area contributed by atoms with Crippen LogP contribution in [0.2, 0.25) is 0 Å². The molecular formula is C26H42O3. The Labute approximate surface area is 177 Å². The van der Waals surface area contributed by atoms with Gasteiger partial charge in [0.2, 0.25) is 0 Å². The second kappa shape index (κ2) is 8.02. The summed E-state index contributed by atoms with van der Waals surface area (Å²) in [6.45, 7) is 9.77. The van der Waals surface area contributed by atoms with Gasteiger partial charge in [-0.2, -0.15) is 0 Å². The fourth-order valence-corrected chi connectivity index (χ4v) is 8.33. The van der Waals surface area contributed by atoms with Gasteiger partial charge < -0.3 is 9.84 Å². The molecule has 3 fully saturated rings. The molecule has 0 aromatic carbocycles. The van der Waals surface area contributed by atoms with Crippen molar-refractivity contribution in [3.63, 3.8) is 0 Å². The summed E-state index contributed by atoms with van der Waals surface area (Å²) in [6.07, 6.45) is 15.1. The van der Waals surface area contributed by atoms with Crippen molar-refractivity contribution < 1.29 is 14.6 Å². The number of aliphatic hydroxyl groups excluding tert-OH is 1. The van der Waals surface area contributed by atoms with Crippen LogP contribution in [0.5, 0.6) is 0 Å². The highest BCUT2D eigenvalue weighted by Gasteiger charge is 2.58. The van der Waals surface area contributed by atoms with Crippen LogP contribution in [0.25, 0.3) is 0 Å². The number of hydrogen-bond donors (Lipinski definition) is 1. The third kappa shape index (κ3) is 3.60. The Balaban J connectivity index is 1.50. The number of allylic oxidation sites excluding steroid dienone is 2. The van der Waals surface area contributed by atoms with E-state index in [9.17, 15) is 9.90 Å². The minimum atomic E-state index is -0.0708. The zero-order valence-corrected chi connectivity index (χ0v) is 19.0. The normalized spacial score (nSPS) is 47.1. The lowest BCUT2D eigenvalue weighted by atomic mass is 9.46. The number of carbonyl (C=O) groups excluding carboxylic acids is 1. The summed E-state index contributed by atoms with van der Waals surface area (Å²) in [5.74, 6) is 4.19. The van der Waals surface area contributed by atoms with Crippen molar-refractivity contribution in [2.45, 2.75) is 91.6 Å². The molecule has 4 aliphatic rings. The van der Waals surface area contributed by atoms with Crippen LogP contribution in [0.1, 0.15) is 85.5 Å². The second-order valence-corrected chi connectivity index (χ2v) is 11.2. The molecule has 0 saturated heterocycles. The molecule has 0 heterocycles. The molecule has 0 radical (unpaired) electrons. The molecule has 0 spiro atoms. The molecule has 0 aromatic rings. The standard InChI is InChI=1S/C26H42O3/c1-5-29-24(28)11-6-17(2)21-9-10-22-20-8-7-18-16-19(27)12-14-25(18,3)23(20)13-15-26(21,22)4/h13,15,17-23,27H,5-12,14,16H2,1-4H3/t17-,18-,19-,20+,21-,22+,23+,25+,26-/m1/s1. The third-order valence-electron chi connectivity index (χ3n) is 9.94. The van der Waals surface area contributed by atoms with Gasteiger partial charge in [-0.05, 0) is 105 Å². The van der Waals surface area contributed by atoms with Gasteiger partial charge in [-0.25, -0.2) is 0 Å². The number of aliphatic hydroxyl groups is 1. The molecule has 9 atom stereocenters. The fraction of sp³-hybridized carbons (Fsp3) is 0.885. The highest BCUT2D eigenvalue weighted by atomic mass is 16.5. The first-order valence-electron chi connectivity index (χ1n) is 12.3. The summed E-state index contributed by atoms with van der Waals surface area (Å²) < 4.78 is 5.16. The van der Waals surface area contributed by atoms with Gasteiger partial charge in [0.15, 0.2) is 0 Å². The summed E-state index contributed by atoms with van der Waals surface area (Å²) in [5, 5.41) is 10.2. The highest BCUT2D eigenvalue weighted by Crippen LogP contribution is 2.66. The molecule has 3 nitrogen and oxygen atoms in total. The quantitative estimate of drug-likeness (QED) is 0.470. The molecule has 4 rings (SSSR count). The predicted octanol–water partition coefficient (Wildman–Crippen LogP) is 5.76. The molecule has 0 aliphatic heterocycles. The molecule has 0 unspecified atom stereocenters. The lowest BCUT2D eigenvalue weighted by Gasteiger charge is -2.58. The van der Waals surface area contributed by atoms with Gasteiger partial charge in [0.25, 0.3) is 0 Å². The van der Waals surface area contributed by atoms with E-state index in [1.165, 1.54) is 32.1 Å². The average molecular weight is 403 g/mol. The molecule has 3 heteroatoms. The van der Waals surface area contributed by atoms with E-state index in [-0.39, 0.29) is 17.5 Å². The minimum absolute atomic E-state index is 0.0379. The number of hydrogen-bond acceptors (Lipinski definition) is 3. The molecule has 1 N–H and O–H groups in total. The molecule has 4 aliphatic carbocycles. The summed E-state index contributed by atoms with van der Waals surface area (Å²) in [6, 6.07) is 0. The maximum atomic E-state index is 11.9. The van der Waals surface area contributed by atoms with E-state index in [1.807, 2.05) is 6.92 Å². The fourth-order valence-electron chi connectivity index (χ4n) is 8.33. The molecule has 164 valence electrons. The van der Waals surface area contributed by atoms with Crippen LogP contribution < -0.4 is 0 Å². The Morgan fingerprint density at radius 3 is 2.76 bits per heavy atom. The average Bonchev–Trinajstić information content (AvgIpc) is 3.04. The summed E-state index contributed by atoms with van der Waals surface area (Å²) >= 11 is 0. The van der Waals surface area contributed by atoms with Crippen molar-refractivity contribution in [3.8, 4) is 0 Å². The van der Waals surface area contributed by atoms with E-state index in [0.717, 1.165) is 31.1 Å². The van der Waals surface area contributed by atoms with E-state index in [2.05, 4.69) is 32.9 Å². The van der Waals surface area contributed by atoms with Gasteiger partial charge in [-0.1, -0.05) is 32.9 Å². The monoisotopic (exact) mass is 402 g/mol. The Morgan fingerprint density at radius 2 is 2.00 bits per heavy atom. The molecular weight excluding hydrogens is 360 g/mol. The van der Waals surface area contributed by atoms with Crippen LogP contribution in [-0.4, -0.2) is 23.8 Å². The lowest BCUT2D eigenvalue weighted by molar-refractivity contribution is -0.143. The number of carbonyl (C=O) groups is 1. The van der Waals surface area contributed by atoms with Crippen molar-refractivity contribution in [1.29, 1.82) is 0 Å². The second-order valence-electron chi connectivity index (χ2n) is 11.2. The number of fused-ring (bicyclic) bond motifs is 5. The molecule has 3 saturated carbocycles. The summed E-state index contributed by atoms with van der Waals surface area (Å²) in [4.78, 5) is 11.9. The van der Waals surface area contributed by atoms with Crippen molar-refractivity contribution in [3.05, 3.63) is 12.2 Å². The topological polar surface area (TPSA) is 46.5 Å². The van der Waals surface area contributed by atoms with E-state index in [1.54, 1.807) is 0 Å². The van der Waals surface area contributed by atoms with Gasteiger partial charge in [0, 0.05) is 6.42 Å². The lowest BCUT2D eigenvalue weighted by Crippen LogP contribution is -2.52. The van der Waals surface area contributed by atoms with Crippen molar-refractivity contribution in [1.82, 2.24) is 0 Å². The van der Waals surface area contributed by atoms with E-state index in [0.29, 0.717) is 42.1 Å². The predicted molar refractivity (Wildman–Crippen MR) is 116 cm³/mol. The number of ether oxygens (including phenoxy) is 1. The largest absolute Gasteiger partial charge is 0.466 e. The number of esters is 1. The van der Waals surface area contributed by atoms with Crippen LogP contribution in [-0.2, 0) is 9.53 Å². The smallest absolute Gasteiger partial charge is 0.305 e. The van der Waals surface area contributed by atoms with Gasteiger partial charge in [0.05, 0.1) is 12.7 Å². The zero-order chi connectivity index (χ0) is 20.8. The Kier molecular flexibility index (Phi) is 5.92. The van der Waals surface area contributed by atoms with Crippen molar-refractivity contribution in [2.75, 3.05) is 6.61 Å². The Morgan fingerprint density at radius 1 is 1.21 bits per heavy atom. The van der Waals surface area contributed by atoms with Crippen molar-refractivity contribution in [2.24, 2.45) is 46.3 Å². The van der Waals surface area contributed by atoms with Crippen LogP contribution in [0.15, 0.2) is 12.2 Å². The van der Waals surface area contributed by atoms with E-state index >= 15 is 0 Å². The maximum absolute atomic E-state index is 11.9. The van der Waals surface area contributed by atoms with Gasteiger partial charge in [0.1, 0.15) is 0 Å².